The minimum Gasteiger partial charge on any atom is -0.395 e. The third-order valence-corrected chi connectivity index (χ3v) is 3.97. The highest BCUT2D eigenvalue weighted by molar-refractivity contribution is 4.90. The summed E-state index contributed by atoms with van der Waals surface area (Å²) in [6.07, 6.45) is 0.956. The molecule has 0 bridgehead atoms. The first kappa shape index (κ1) is 17.7. The summed E-state index contributed by atoms with van der Waals surface area (Å²) < 4.78 is 37.8. The summed E-state index contributed by atoms with van der Waals surface area (Å²) in [7, 11) is 0. The minimum atomic E-state index is -4.20. The molecule has 1 rings (SSSR count). The Morgan fingerprint density at radius 3 is 2.40 bits per heavy atom. The summed E-state index contributed by atoms with van der Waals surface area (Å²) in [5.74, 6) is 0. The van der Waals surface area contributed by atoms with Gasteiger partial charge in [-0.05, 0) is 31.2 Å². The quantitative estimate of drug-likeness (QED) is 0.641. The first-order valence-electron chi connectivity index (χ1n) is 7.51. The molecule has 0 amide bonds. The van der Waals surface area contributed by atoms with Gasteiger partial charge in [0, 0.05) is 19.6 Å². The van der Waals surface area contributed by atoms with Crippen LogP contribution in [0.1, 0.15) is 39.0 Å². The number of aliphatic hydroxyl groups is 1. The van der Waals surface area contributed by atoms with Crippen molar-refractivity contribution >= 4 is 0 Å². The van der Waals surface area contributed by atoms with E-state index < -0.39 is 12.7 Å². The fourth-order valence-corrected chi connectivity index (χ4v) is 3.13. The molecule has 0 spiro atoms. The van der Waals surface area contributed by atoms with E-state index in [4.69, 9.17) is 5.11 Å². The van der Waals surface area contributed by atoms with Crippen LogP contribution in [-0.4, -0.2) is 55.5 Å². The molecular weight excluding hydrogens is 269 g/mol. The van der Waals surface area contributed by atoms with Crippen LogP contribution in [0, 0.1) is 5.41 Å². The van der Waals surface area contributed by atoms with Gasteiger partial charge in [-0.15, -0.1) is 0 Å². The van der Waals surface area contributed by atoms with E-state index in [0.29, 0.717) is 6.54 Å². The second-order valence-electron chi connectivity index (χ2n) is 5.93. The molecule has 2 N–H and O–H groups in total. The third-order valence-electron chi connectivity index (χ3n) is 3.97. The SMILES string of the molecule is CCCNCC1(CN(CCO)CC(F)(F)F)CCCC1. The number of hydrogen-bond acceptors (Lipinski definition) is 3. The van der Waals surface area contributed by atoms with E-state index in [9.17, 15) is 13.2 Å². The van der Waals surface area contributed by atoms with Gasteiger partial charge in [0.05, 0.1) is 13.2 Å². The van der Waals surface area contributed by atoms with E-state index in [0.717, 1.165) is 45.2 Å². The number of alkyl halides is 3. The predicted octanol–water partition coefficient (Wildman–Crippen LogP) is 2.40. The summed E-state index contributed by atoms with van der Waals surface area (Å²) in [5.41, 5.74) is -0.0599. The molecule has 0 atom stereocenters. The fraction of sp³-hybridized carbons (Fsp3) is 1.00. The fourth-order valence-electron chi connectivity index (χ4n) is 3.13. The number of nitrogens with one attached hydrogen (secondary N) is 1. The molecule has 1 aliphatic rings. The average molecular weight is 296 g/mol. The zero-order chi connectivity index (χ0) is 15.1. The largest absolute Gasteiger partial charge is 0.401 e. The molecule has 1 fully saturated rings. The van der Waals surface area contributed by atoms with Crippen LogP contribution in [0.3, 0.4) is 0 Å². The van der Waals surface area contributed by atoms with Crippen molar-refractivity contribution < 1.29 is 18.3 Å². The monoisotopic (exact) mass is 296 g/mol. The lowest BCUT2D eigenvalue weighted by Crippen LogP contribution is -2.46. The lowest BCUT2D eigenvalue weighted by atomic mass is 9.85. The molecule has 0 unspecified atom stereocenters. The van der Waals surface area contributed by atoms with Gasteiger partial charge in [0.2, 0.25) is 0 Å². The van der Waals surface area contributed by atoms with Crippen molar-refractivity contribution in [1.29, 1.82) is 0 Å². The van der Waals surface area contributed by atoms with Crippen molar-refractivity contribution in [2.45, 2.75) is 45.2 Å². The molecule has 0 aliphatic heterocycles. The van der Waals surface area contributed by atoms with Crippen LogP contribution in [0.5, 0.6) is 0 Å². The van der Waals surface area contributed by atoms with Crippen LogP contribution in [0.15, 0.2) is 0 Å². The van der Waals surface area contributed by atoms with Gasteiger partial charge in [0.25, 0.3) is 0 Å². The van der Waals surface area contributed by atoms with Gasteiger partial charge in [-0.2, -0.15) is 13.2 Å². The predicted molar refractivity (Wildman–Crippen MR) is 73.6 cm³/mol. The Bertz CT molecular complexity index is 266. The second-order valence-corrected chi connectivity index (χ2v) is 5.93. The normalized spacial score (nSPS) is 18.9. The highest BCUT2D eigenvalue weighted by Crippen LogP contribution is 2.38. The van der Waals surface area contributed by atoms with E-state index in [1.54, 1.807) is 0 Å². The Morgan fingerprint density at radius 2 is 1.90 bits per heavy atom. The number of nitrogens with zero attached hydrogens (tertiary/aromatic N) is 1. The van der Waals surface area contributed by atoms with Crippen molar-refractivity contribution in [3.05, 3.63) is 0 Å². The summed E-state index contributed by atoms with van der Waals surface area (Å²) in [6, 6.07) is 0. The lowest BCUT2D eigenvalue weighted by Gasteiger charge is -2.36. The van der Waals surface area contributed by atoms with Crippen LogP contribution in [0.4, 0.5) is 13.2 Å². The van der Waals surface area contributed by atoms with Crippen molar-refractivity contribution in [2.75, 3.05) is 39.3 Å². The summed E-state index contributed by atoms with van der Waals surface area (Å²) >= 11 is 0. The van der Waals surface area contributed by atoms with Crippen LogP contribution in [-0.2, 0) is 0 Å². The van der Waals surface area contributed by atoms with Crippen LogP contribution < -0.4 is 5.32 Å². The maximum atomic E-state index is 12.6. The summed E-state index contributed by atoms with van der Waals surface area (Å²) in [5, 5.41) is 12.3. The van der Waals surface area contributed by atoms with Gasteiger partial charge in [-0.25, -0.2) is 0 Å². The number of rotatable bonds is 9. The molecule has 1 saturated carbocycles. The average Bonchev–Trinajstić information content (AvgIpc) is 2.76. The minimum absolute atomic E-state index is 0.0599. The van der Waals surface area contributed by atoms with Crippen LogP contribution in [0.25, 0.3) is 0 Å². The smallest absolute Gasteiger partial charge is 0.395 e. The molecule has 20 heavy (non-hydrogen) atoms. The molecular formula is C14H27F3N2O. The highest BCUT2D eigenvalue weighted by atomic mass is 19.4. The Labute approximate surface area is 119 Å². The Kier molecular flexibility index (Phi) is 7.26. The first-order chi connectivity index (χ1) is 9.41. The van der Waals surface area contributed by atoms with Gasteiger partial charge in [0.1, 0.15) is 0 Å². The molecule has 6 heteroatoms. The number of hydrogen-bond donors (Lipinski definition) is 2. The van der Waals surface area contributed by atoms with Crippen molar-refractivity contribution in [3.8, 4) is 0 Å². The van der Waals surface area contributed by atoms with E-state index in [1.165, 1.54) is 4.90 Å². The van der Waals surface area contributed by atoms with E-state index >= 15 is 0 Å². The van der Waals surface area contributed by atoms with Gasteiger partial charge < -0.3 is 10.4 Å². The van der Waals surface area contributed by atoms with Crippen molar-refractivity contribution in [2.24, 2.45) is 5.41 Å². The topological polar surface area (TPSA) is 35.5 Å². The number of aliphatic hydroxyl groups excluding tert-OH is 1. The molecule has 0 saturated heterocycles. The third kappa shape index (κ3) is 6.41. The maximum absolute atomic E-state index is 12.6. The zero-order valence-corrected chi connectivity index (χ0v) is 12.3. The summed E-state index contributed by atoms with van der Waals surface area (Å²) in [4.78, 5) is 1.36. The Morgan fingerprint density at radius 1 is 1.25 bits per heavy atom. The Balaban J connectivity index is 2.60. The number of halogens is 3. The molecule has 0 heterocycles. The van der Waals surface area contributed by atoms with E-state index in [1.807, 2.05) is 0 Å². The second kappa shape index (κ2) is 8.20. The highest BCUT2D eigenvalue weighted by Gasteiger charge is 2.38. The standard InChI is InChI=1S/C14H27F3N2O/c1-2-7-18-10-13(5-3-4-6-13)11-19(8-9-20)12-14(15,16)17/h18,20H,2-12H2,1H3. The van der Waals surface area contributed by atoms with Gasteiger partial charge >= 0.3 is 6.18 Å². The molecule has 0 aromatic carbocycles. The van der Waals surface area contributed by atoms with Crippen molar-refractivity contribution in [1.82, 2.24) is 10.2 Å². The zero-order valence-electron chi connectivity index (χ0n) is 12.3. The Hall–Kier alpha value is -0.330. The molecule has 0 radical (unpaired) electrons. The first-order valence-corrected chi connectivity index (χ1v) is 7.51. The molecule has 3 nitrogen and oxygen atoms in total. The molecule has 120 valence electrons. The molecule has 1 aliphatic carbocycles. The van der Waals surface area contributed by atoms with Crippen LogP contribution in [0.2, 0.25) is 0 Å². The lowest BCUT2D eigenvalue weighted by molar-refractivity contribution is -0.150. The van der Waals surface area contributed by atoms with Gasteiger partial charge in [-0.3, -0.25) is 4.90 Å². The maximum Gasteiger partial charge on any atom is 0.401 e. The van der Waals surface area contributed by atoms with Gasteiger partial charge in [0.15, 0.2) is 0 Å². The van der Waals surface area contributed by atoms with E-state index in [2.05, 4.69) is 12.2 Å². The van der Waals surface area contributed by atoms with Crippen LogP contribution >= 0.6 is 0 Å². The van der Waals surface area contributed by atoms with Gasteiger partial charge in [-0.1, -0.05) is 19.8 Å². The van der Waals surface area contributed by atoms with E-state index in [-0.39, 0.29) is 18.6 Å². The molecule has 0 aromatic rings. The molecule has 0 aromatic heterocycles. The van der Waals surface area contributed by atoms with Crippen molar-refractivity contribution in [3.63, 3.8) is 0 Å². The summed E-state index contributed by atoms with van der Waals surface area (Å²) in [6.45, 7) is 3.12.